The van der Waals surface area contributed by atoms with Crippen molar-refractivity contribution in [3.8, 4) is 11.1 Å². The molecule has 7 aromatic rings. The third-order valence-electron chi connectivity index (χ3n) is 9.56. The molecule has 42 heavy (non-hydrogen) atoms. The Hall–Kier alpha value is -3.93. The fraction of sp³-hybridized carbons (Fsp3) is 0.135. The molecule has 0 amide bonds. The molecule has 5 heteroatoms. The molecule has 0 aliphatic carbocycles. The summed E-state index contributed by atoms with van der Waals surface area (Å²) in [4.78, 5) is 5.28. The van der Waals surface area contributed by atoms with Crippen molar-refractivity contribution in [2.45, 2.75) is 42.4 Å². The second-order valence-corrected chi connectivity index (χ2v) is 14.0. The number of benzene rings is 5. The molecule has 0 saturated carbocycles. The van der Waals surface area contributed by atoms with Gasteiger partial charge in [0.05, 0.1) is 21.6 Å². The lowest BCUT2D eigenvalue weighted by Gasteiger charge is -2.43. The third kappa shape index (κ3) is 2.93. The minimum Gasteiger partial charge on any atom is -0.374 e. The number of aromatic nitrogens is 1. The highest BCUT2D eigenvalue weighted by Gasteiger charge is 2.45. The Balaban J connectivity index is 1.38. The minimum absolute atomic E-state index is 0.129. The van der Waals surface area contributed by atoms with Crippen LogP contribution in [0, 0.1) is 0 Å². The van der Waals surface area contributed by atoms with Gasteiger partial charge in [-0.15, -0.1) is 11.3 Å². The van der Waals surface area contributed by atoms with Crippen LogP contribution in [0.4, 0.5) is 17.1 Å². The average Bonchev–Trinajstić information content (AvgIpc) is 3.56. The van der Waals surface area contributed by atoms with Crippen LogP contribution in [0.25, 0.3) is 42.3 Å². The average molecular weight is 575 g/mol. The summed E-state index contributed by atoms with van der Waals surface area (Å²) in [7, 11) is 0. The summed E-state index contributed by atoms with van der Waals surface area (Å²) in [5.41, 5.74) is 13.9. The molecule has 3 aliphatic rings. The van der Waals surface area contributed by atoms with Gasteiger partial charge >= 0.3 is 6.85 Å². The van der Waals surface area contributed by atoms with Gasteiger partial charge in [0, 0.05) is 42.0 Å². The van der Waals surface area contributed by atoms with E-state index in [-0.39, 0.29) is 6.85 Å². The van der Waals surface area contributed by atoms with E-state index in [0.717, 1.165) is 6.42 Å². The number of aryl methyl sites for hydroxylation is 1. The van der Waals surface area contributed by atoms with E-state index >= 15 is 0 Å². The summed E-state index contributed by atoms with van der Waals surface area (Å²) in [5, 5.41) is 2.76. The normalized spacial score (nSPS) is 14.0. The number of para-hydroxylation sites is 3. The molecule has 0 atom stereocenters. The van der Waals surface area contributed by atoms with Gasteiger partial charge in [-0.1, -0.05) is 98.3 Å². The Morgan fingerprint density at radius 2 is 1.55 bits per heavy atom. The van der Waals surface area contributed by atoms with E-state index in [9.17, 15) is 0 Å². The molecule has 0 fully saturated rings. The molecule has 0 saturated heterocycles. The van der Waals surface area contributed by atoms with Gasteiger partial charge in [-0.25, -0.2) is 0 Å². The maximum Gasteiger partial charge on any atom is 0.333 e. The topological polar surface area (TPSA) is 8.17 Å². The van der Waals surface area contributed by atoms with Crippen LogP contribution in [0.5, 0.6) is 0 Å². The standard InChI is InChI=1S/C37H27BN2S2/c1-2-3-4-11-22-20-26-23-13-9-14-25-34(23)40(35-24-12-5-7-17-30(24)42-37(25)35)38-27-15-10-19-32-36(27)39(29(21-22)33(26)38)28-16-6-8-18-31(28)41-32/h5-10,12-21H,2-4,11H2,1H3. The fourth-order valence-corrected chi connectivity index (χ4v) is 10.2. The van der Waals surface area contributed by atoms with Gasteiger partial charge in [0.15, 0.2) is 0 Å². The molecule has 200 valence electrons. The van der Waals surface area contributed by atoms with Crippen molar-refractivity contribution in [2.75, 3.05) is 4.90 Å². The van der Waals surface area contributed by atoms with E-state index in [1.165, 1.54) is 105 Å². The van der Waals surface area contributed by atoms with Crippen LogP contribution < -0.4 is 15.8 Å². The van der Waals surface area contributed by atoms with Crippen LogP contribution in [0.3, 0.4) is 0 Å². The number of fused-ring (bicyclic) bond motifs is 11. The van der Waals surface area contributed by atoms with E-state index < -0.39 is 0 Å². The maximum atomic E-state index is 2.72. The Morgan fingerprint density at radius 1 is 0.714 bits per heavy atom. The Labute approximate surface area is 253 Å². The van der Waals surface area contributed by atoms with Crippen LogP contribution in [-0.2, 0) is 6.42 Å². The van der Waals surface area contributed by atoms with E-state index in [1.807, 2.05) is 23.1 Å². The molecule has 0 bridgehead atoms. The Kier molecular flexibility index (Phi) is 4.81. The highest BCUT2D eigenvalue weighted by atomic mass is 32.2. The lowest BCUT2D eigenvalue weighted by atomic mass is 9.45. The molecule has 2 nitrogen and oxygen atoms in total. The quantitative estimate of drug-likeness (QED) is 0.153. The number of thiophene rings is 1. The zero-order chi connectivity index (χ0) is 27.5. The first kappa shape index (κ1) is 23.6. The molecule has 0 unspecified atom stereocenters. The van der Waals surface area contributed by atoms with E-state index in [1.54, 1.807) is 0 Å². The number of rotatable bonds is 4. The van der Waals surface area contributed by atoms with Crippen LogP contribution >= 0.6 is 23.1 Å². The summed E-state index contributed by atoms with van der Waals surface area (Å²) in [6.45, 7) is 2.43. The smallest absolute Gasteiger partial charge is 0.333 e. The van der Waals surface area contributed by atoms with Crippen LogP contribution in [0.2, 0.25) is 0 Å². The summed E-state index contributed by atoms with van der Waals surface area (Å²) in [6.07, 6.45) is 4.86. The molecule has 0 spiro atoms. The molecule has 0 N–H and O–H groups in total. The molecule has 3 aliphatic heterocycles. The van der Waals surface area contributed by atoms with Crippen LogP contribution in [0.1, 0.15) is 31.7 Å². The SMILES string of the molecule is CCCCCc1cc2c3c(c1)N1c4ccccc4Sc4cccc(c41)B3n1c3c-2cccc3c2sc3ccccc3c21. The zero-order valence-corrected chi connectivity index (χ0v) is 25.0. The summed E-state index contributed by atoms with van der Waals surface area (Å²) < 4.78 is 5.50. The lowest BCUT2D eigenvalue weighted by molar-refractivity contribution is 0.717. The van der Waals surface area contributed by atoms with Crippen molar-refractivity contribution in [1.29, 1.82) is 0 Å². The maximum absolute atomic E-state index is 2.72. The number of hydrogen-bond donors (Lipinski definition) is 0. The number of unbranched alkanes of at least 4 members (excludes halogenated alkanes) is 2. The van der Waals surface area contributed by atoms with Gasteiger partial charge in [0.1, 0.15) is 0 Å². The molecule has 2 aromatic heterocycles. The van der Waals surface area contributed by atoms with Crippen molar-refractivity contribution in [2.24, 2.45) is 0 Å². The zero-order valence-electron chi connectivity index (χ0n) is 23.4. The molecule has 0 radical (unpaired) electrons. The monoisotopic (exact) mass is 574 g/mol. The van der Waals surface area contributed by atoms with E-state index in [2.05, 4.69) is 113 Å². The van der Waals surface area contributed by atoms with Gasteiger partial charge < -0.3 is 9.38 Å². The van der Waals surface area contributed by atoms with E-state index in [4.69, 9.17) is 0 Å². The largest absolute Gasteiger partial charge is 0.374 e. The summed E-state index contributed by atoms with van der Waals surface area (Å²) in [5.74, 6) is 0. The first-order valence-electron chi connectivity index (χ1n) is 15.1. The van der Waals surface area contributed by atoms with Gasteiger partial charge in [-0.2, -0.15) is 0 Å². The summed E-state index contributed by atoms with van der Waals surface area (Å²) in [6, 6.07) is 37.0. The second kappa shape index (κ2) is 8.56. The second-order valence-electron chi connectivity index (χ2n) is 11.9. The van der Waals surface area contributed by atoms with E-state index in [0.29, 0.717) is 0 Å². The number of anilines is 3. The number of hydrogen-bond acceptors (Lipinski definition) is 3. The van der Waals surface area contributed by atoms with Gasteiger partial charge in [-0.3, -0.25) is 0 Å². The highest BCUT2D eigenvalue weighted by Crippen LogP contribution is 2.54. The van der Waals surface area contributed by atoms with Crippen LogP contribution in [-0.4, -0.2) is 11.3 Å². The van der Waals surface area contributed by atoms with Crippen molar-refractivity contribution in [3.63, 3.8) is 0 Å². The van der Waals surface area contributed by atoms with Crippen molar-refractivity contribution < 1.29 is 0 Å². The third-order valence-corrected chi connectivity index (χ3v) is 11.9. The van der Waals surface area contributed by atoms with Crippen molar-refractivity contribution in [1.82, 2.24) is 4.48 Å². The molecule has 10 rings (SSSR count). The first-order valence-corrected chi connectivity index (χ1v) is 16.8. The molecular formula is C37H27BN2S2. The molecular weight excluding hydrogens is 547 g/mol. The Bertz CT molecular complexity index is 2280. The van der Waals surface area contributed by atoms with Crippen molar-refractivity contribution in [3.05, 3.63) is 103 Å². The molecule has 5 heterocycles. The van der Waals surface area contributed by atoms with Crippen molar-refractivity contribution >= 4 is 89.1 Å². The Morgan fingerprint density at radius 3 is 2.50 bits per heavy atom. The van der Waals surface area contributed by atoms with Gasteiger partial charge in [0.25, 0.3) is 0 Å². The first-order chi connectivity index (χ1) is 20.8. The molecule has 5 aromatic carbocycles. The summed E-state index contributed by atoms with van der Waals surface area (Å²) >= 11 is 3.87. The predicted octanol–water partition coefficient (Wildman–Crippen LogP) is 9.62. The van der Waals surface area contributed by atoms with Gasteiger partial charge in [-0.05, 0) is 65.2 Å². The van der Waals surface area contributed by atoms with Crippen LogP contribution in [0.15, 0.2) is 107 Å². The lowest BCUT2D eigenvalue weighted by Crippen LogP contribution is -2.57. The highest BCUT2D eigenvalue weighted by molar-refractivity contribution is 7.99. The fourth-order valence-electron chi connectivity index (χ4n) is 7.86. The van der Waals surface area contributed by atoms with Gasteiger partial charge in [0.2, 0.25) is 0 Å². The predicted molar refractivity (Wildman–Crippen MR) is 183 cm³/mol. The number of nitrogens with zero attached hydrogens (tertiary/aromatic N) is 2. The minimum atomic E-state index is 0.129.